The normalized spacial score (nSPS) is 12.2. The SMILES string of the molecule is CCCC(O)CNC(=O)Cc1ncccc1C. The topological polar surface area (TPSA) is 62.2 Å². The van der Waals surface area contributed by atoms with Crippen LogP contribution < -0.4 is 5.32 Å². The van der Waals surface area contributed by atoms with Crippen molar-refractivity contribution in [2.45, 2.75) is 39.2 Å². The molecule has 4 nitrogen and oxygen atoms in total. The van der Waals surface area contributed by atoms with Crippen LogP contribution in [0.25, 0.3) is 0 Å². The molecule has 2 N–H and O–H groups in total. The van der Waals surface area contributed by atoms with Crippen molar-refractivity contribution in [2.75, 3.05) is 6.54 Å². The van der Waals surface area contributed by atoms with Crippen LogP contribution in [0.5, 0.6) is 0 Å². The number of amides is 1. The molecule has 1 aromatic heterocycles. The van der Waals surface area contributed by atoms with Crippen LogP contribution in [0.15, 0.2) is 18.3 Å². The summed E-state index contributed by atoms with van der Waals surface area (Å²) in [5.41, 5.74) is 1.80. The average molecular weight is 236 g/mol. The Labute approximate surface area is 102 Å². The summed E-state index contributed by atoms with van der Waals surface area (Å²) in [4.78, 5) is 15.8. The second-order valence-corrected chi connectivity index (χ2v) is 4.19. The highest BCUT2D eigenvalue weighted by Gasteiger charge is 2.08. The number of aromatic nitrogens is 1. The van der Waals surface area contributed by atoms with Crippen molar-refractivity contribution in [2.24, 2.45) is 0 Å². The van der Waals surface area contributed by atoms with E-state index in [1.165, 1.54) is 0 Å². The van der Waals surface area contributed by atoms with Gasteiger partial charge in [-0.25, -0.2) is 0 Å². The maximum Gasteiger partial charge on any atom is 0.226 e. The lowest BCUT2D eigenvalue weighted by atomic mass is 10.1. The third-order valence-corrected chi connectivity index (χ3v) is 2.60. The number of nitrogens with zero attached hydrogens (tertiary/aromatic N) is 1. The molecular formula is C13H20N2O2. The summed E-state index contributed by atoms with van der Waals surface area (Å²) in [6, 6.07) is 3.78. The van der Waals surface area contributed by atoms with Gasteiger partial charge in [-0.3, -0.25) is 9.78 Å². The predicted octanol–water partition coefficient (Wildman–Crippen LogP) is 1.21. The Kier molecular flexibility index (Phi) is 5.63. The van der Waals surface area contributed by atoms with Crippen molar-refractivity contribution < 1.29 is 9.90 Å². The Hall–Kier alpha value is -1.42. The summed E-state index contributed by atoms with van der Waals surface area (Å²) in [7, 11) is 0. The van der Waals surface area contributed by atoms with E-state index < -0.39 is 6.10 Å². The first kappa shape index (κ1) is 13.6. The molecule has 0 aliphatic rings. The first-order valence-electron chi connectivity index (χ1n) is 5.98. The molecule has 0 fully saturated rings. The standard InChI is InChI=1S/C13H20N2O2/c1-3-5-11(16)9-15-13(17)8-12-10(2)6-4-7-14-12/h4,6-7,11,16H,3,5,8-9H2,1-2H3,(H,15,17). The van der Waals surface area contributed by atoms with E-state index in [0.29, 0.717) is 13.0 Å². The minimum Gasteiger partial charge on any atom is -0.391 e. The highest BCUT2D eigenvalue weighted by molar-refractivity contribution is 5.78. The van der Waals surface area contributed by atoms with E-state index in [-0.39, 0.29) is 12.3 Å². The number of rotatable bonds is 6. The fourth-order valence-electron chi connectivity index (χ4n) is 1.58. The third-order valence-electron chi connectivity index (χ3n) is 2.60. The molecule has 0 saturated carbocycles. The first-order chi connectivity index (χ1) is 8.13. The van der Waals surface area contributed by atoms with Gasteiger partial charge in [-0.1, -0.05) is 19.4 Å². The Morgan fingerprint density at radius 1 is 1.59 bits per heavy atom. The molecule has 0 bridgehead atoms. The number of hydrogen-bond acceptors (Lipinski definition) is 3. The van der Waals surface area contributed by atoms with Crippen LogP contribution in [0.1, 0.15) is 31.0 Å². The van der Waals surface area contributed by atoms with Crippen molar-refractivity contribution in [3.8, 4) is 0 Å². The van der Waals surface area contributed by atoms with Gasteiger partial charge in [-0.15, -0.1) is 0 Å². The summed E-state index contributed by atoms with van der Waals surface area (Å²) >= 11 is 0. The fourth-order valence-corrected chi connectivity index (χ4v) is 1.58. The summed E-state index contributed by atoms with van der Waals surface area (Å²) < 4.78 is 0. The molecule has 0 aromatic carbocycles. The second kappa shape index (κ2) is 7.01. The fraction of sp³-hybridized carbons (Fsp3) is 0.538. The summed E-state index contributed by atoms with van der Waals surface area (Å²) in [6.45, 7) is 4.25. The van der Waals surface area contributed by atoms with Crippen molar-refractivity contribution in [1.29, 1.82) is 0 Å². The van der Waals surface area contributed by atoms with Crippen molar-refractivity contribution >= 4 is 5.91 Å². The number of aliphatic hydroxyl groups excluding tert-OH is 1. The van der Waals surface area contributed by atoms with Gasteiger partial charge in [0.2, 0.25) is 5.91 Å². The zero-order valence-corrected chi connectivity index (χ0v) is 10.4. The molecule has 4 heteroatoms. The highest BCUT2D eigenvalue weighted by atomic mass is 16.3. The van der Waals surface area contributed by atoms with Gasteiger partial charge in [-0.05, 0) is 25.0 Å². The number of carbonyl (C=O) groups is 1. The Morgan fingerprint density at radius 3 is 3.00 bits per heavy atom. The highest BCUT2D eigenvalue weighted by Crippen LogP contribution is 2.03. The van der Waals surface area contributed by atoms with Crippen molar-refractivity contribution in [1.82, 2.24) is 10.3 Å². The molecule has 0 aliphatic carbocycles. The molecule has 1 rings (SSSR count). The van der Waals surface area contributed by atoms with Crippen LogP contribution in [-0.4, -0.2) is 28.6 Å². The lowest BCUT2D eigenvalue weighted by molar-refractivity contribution is -0.121. The minimum atomic E-state index is -0.450. The van der Waals surface area contributed by atoms with E-state index in [1.54, 1.807) is 6.20 Å². The Bertz CT molecular complexity index is 366. The third kappa shape index (κ3) is 4.95. The molecule has 94 valence electrons. The molecule has 1 unspecified atom stereocenters. The number of aliphatic hydroxyl groups is 1. The van der Waals surface area contributed by atoms with Crippen LogP contribution in [0.2, 0.25) is 0 Å². The number of carbonyl (C=O) groups excluding carboxylic acids is 1. The number of aryl methyl sites for hydroxylation is 1. The van der Waals surface area contributed by atoms with Gasteiger partial charge in [-0.2, -0.15) is 0 Å². The Morgan fingerprint density at radius 2 is 2.35 bits per heavy atom. The zero-order valence-electron chi connectivity index (χ0n) is 10.4. The molecule has 17 heavy (non-hydrogen) atoms. The van der Waals surface area contributed by atoms with Crippen LogP contribution >= 0.6 is 0 Å². The van der Waals surface area contributed by atoms with Gasteiger partial charge in [0.25, 0.3) is 0 Å². The molecule has 1 aromatic rings. The molecule has 0 spiro atoms. The van der Waals surface area contributed by atoms with Crippen molar-refractivity contribution in [3.63, 3.8) is 0 Å². The maximum absolute atomic E-state index is 11.6. The van der Waals surface area contributed by atoms with Crippen molar-refractivity contribution in [3.05, 3.63) is 29.6 Å². The van der Waals surface area contributed by atoms with E-state index >= 15 is 0 Å². The van der Waals surface area contributed by atoms with E-state index in [2.05, 4.69) is 10.3 Å². The maximum atomic E-state index is 11.6. The largest absolute Gasteiger partial charge is 0.391 e. The first-order valence-corrected chi connectivity index (χ1v) is 5.98. The van der Waals surface area contributed by atoms with E-state index in [9.17, 15) is 9.90 Å². The van der Waals surface area contributed by atoms with Gasteiger partial charge in [0.15, 0.2) is 0 Å². The van der Waals surface area contributed by atoms with Crippen LogP contribution in [0, 0.1) is 6.92 Å². The predicted molar refractivity (Wildman–Crippen MR) is 66.6 cm³/mol. The summed E-state index contributed by atoms with van der Waals surface area (Å²) in [6.07, 6.45) is 3.13. The molecule has 0 saturated heterocycles. The van der Waals surface area contributed by atoms with E-state index in [1.807, 2.05) is 26.0 Å². The van der Waals surface area contributed by atoms with E-state index in [4.69, 9.17) is 0 Å². The average Bonchev–Trinajstić information content (AvgIpc) is 2.30. The molecule has 1 heterocycles. The quantitative estimate of drug-likeness (QED) is 0.780. The minimum absolute atomic E-state index is 0.0954. The van der Waals surface area contributed by atoms with Gasteiger partial charge < -0.3 is 10.4 Å². The lowest BCUT2D eigenvalue weighted by Gasteiger charge is -2.11. The number of nitrogens with one attached hydrogen (secondary N) is 1. The second-order valence-electron chi connectivity index (χ2n) is 4.19. The number of pyridine rings is 1. The summed E-state index contributed by atoms with van der Waals surface area (Å²) in [5.74, 6) is -0.0954. The Balaban J connectivity index is 2.37. The lowest BCUT2D eigenvalue weighted by Crippen LogP contribution is -2.33. The molecule has 1 amide bonds. The van der Waals surface area contributed by atoms with Gasteiger partial charge >= 0.3 is 0 Å². The molecule has 0 radical (unpaired) electrons. The van der Waals surface area contributed by atoms with Crippen LogP contribution in [0.4, 0.5) is 0 Å². The molecule has 1 atom stereocenters. The van der Waals surface area contributed by atoms with Crippen LogP contribution in [-0.2, 0) is 11.2 Å². The monoisotopic (exact) mass is 236 g/mol. The van der Waals surface area contributed by atoms with Crippen LogP contribution in [0.3, 0.4) is 0 Å². The van der Waals surface area contributed by atoms with Gasteiger partial charge in [0.05, 0.1) is 18.2 Å². The summed E-state index contributed by atoms with van der Waals surface area (Å²) in [5, 5.41) is 12.2. The smallest absolute Gasteiger partial charge is 0.226 e. The van der Waals surface area contributed by atoms with E-state index in [0.717, 1.165) is 17.7 Å². The van der Waals surface area contributed by atoms with Gasteiger partial charge in [0, 0.05) is 12.7 Å². The molecule has 0 aliphatic heterocycles. The molecular weight excluding hydrogens is 216 g/mol. The zero-order chi connectivity index (χ0) is 12.7. The van der Waals surface area contributed by atoms with Gasteiger partial charge in [0.1, 0.15) is 0 Å². The number of hydrogen-bond donors (Lipinski definition) is 2.